The summed E-state index contributed by atoms with van der Waals surface area (Å²) in [6, 6.07) is 15.2. The summed E-state index contributed by atoms with van der Waals surface area (Å²) in [5.74, 6) is 0.635. The van der Waals surface area contributed by atoms with Crippen LogP contribution in [0.5, 0.6) is 0 Å². The van der Waals surface area contributed by atoms with E-state index in [1.807, 2.05) is 11.0 Å². The Labute approximate surface area is 157 Å². The zero-order valence-electron chi connectivity index (χ0n) is 14.7. The minimum atomic E-state index is -3.52. The first-order valence-corrected chi connectivity index (χ1v) is 10.3. The van der Waals surface area contributed by atoms with Gasteiger partial charge >= 0.3 is 0 Å². The molecular formula is C19H20N4O3S. The zero-order chi connectivity index (χ0) is 18.9. The first kappa shape index (κ1) is 17.7. The summed E-state index contributed by atoms with van der Waals surface area (Å²) >= 11 is 0. The summed E-state index contributed by atoms with van der Waals surface area (Å²) in [6.45, 7) is 1.27. The second-order valence-corrected chi connectivity index (χ2v) is 8.29. The zero-order valence-corrected chi connectivity index (χ0v) is 15.5. The van der Waals surface area contributed by atoms with E-state index in [1.165, 1.54) is 10.5 Å². The molecule has 0 amide bonds. The number of aromatic nitrogens is 2. The van der Waals surface area contributed by atoms with Crippen LogP contribution in [0.15, 0.2) is 70.5 Å². The number of hydrogen-bond acceptors (Lipinski definition) is 5. The van der Waals surface area contributed by atoms with Gasteiger partial charge in [-0.15, -0.1) is 0 Å². The van der Waals surface area contributed by atoms with Gasteiger partial charge in [-0.1, -0.05) is 24.3 Å². The van der Waals surface area contributed by atoms with Crippen molar-refractivity contribution < 1.29 is 8.42 Å². The molecule has 4 rings (SSSR count). The van der Waals surface area contributed by atoms with Gasteiger partial charge in [-0.25, -0.2) is 18.1 Å². The smallest absolute Gasteiger partial charge is 0.259 e. The van der Waals surface area contributed by atoms with Crippen LogP contribution in [0.25, 0.3) is 5.65 Å². The number of fused-ring (bicyclic) bond motifs is 1. The minimum absolute atomic E-state index is 0.123. The fourth-order valence-corrected chi connectivity index (χ4v) is 4.64. The molecule has 1 aliphatic heterocycles. The Bertz CT molecular complexity index is 1100. The summed E-state index contributed by atoms with van der Waals surface area (Å²) in [5, 5.41) is 0. The molecule has 0 bridgehead atoms. The van der Waals surface area contributed by atoms with E-state index in [-0.39, 0.29) is 16.5 Å². The molecule has 0 atom stereocenters. The van der Waals surface area contributed by atoms with Gasteiger partial charge in [0.05, 0.1) is 4.90 Å². The normalized spacial score (nSPS) is 15.9. The van der Waals surface area contributed by atoms with Crippen molar-refractivity contribution in [2.75, 3.05) is 18.0 Å². The van der Waals surface area contributed by atoms with Crippen molar-refractivity contribution in [1.82, 2.24) is 14.1 Å². The number of sulfonamides is 1. The van der Waals surface area contributed by atoms with Crippen LogP contribution in [0.3, 0.4) is 0 Å². The second-order valence-electron chi connectivity index (χ2n) is 6.58. The Morgan fingerprint density at radius 2 is 1.70 bits per heavy atom. The van der Waals surface area contributed by atoms with E-state index in [0.29, 0.717) is 37.4 Å². The Hall–Kier alpha value is -2.71. The van der Waals surface area contributed by atoms with Crippen molar-refractivity contribution in [2.45, 2.75) is 23.8 Å². The monoisotopic (exact) mass is 384 g/mol. The Kier molecular flexibility index (Phi) is 4.67. The van der Waals surface area contributed by atoms with E-state index in [2.05, 4.69) is 9.71 Å². The molecule has 27 heavy (non-hydrogen) atoms. The van der Waals surface area contributed by atoms with Crippen LogP contribution < -0.4 is 15.2 Å². The predicted molar refractivity (Wildman–Crippen MR) is 103 cm³/mol. The molecule has 1 saturated heterocycles. The Morgan fingerprint density at radius 3 is 2.44 bits per heavy atom. The van der Waals surface area contributed by atoms with Crippen LogP contribution in [0, 0.1) is 0 Å². The maximum Gasteiger partial charge on any atom is 0.259 e. The lowest BCUT2D eigenvalue weighted by atomic mass is 10.1. The third kappa shape index (κ3) is 3.72. The first-order chi connectivity index (χ1) is 13.0. The third-order valence-corrected chi connectivity index (χ3v) is 6.29. The lowest BCUT2D eigenvalue weighted by Gasteiger charge is -2.33. The molecule has 140 valence electrons. The summed E-state index contributed by atoms with van der Waals surface area (Å²) in [4.78, 5) is 19.1. The van der Waals surface area contributed by atoms with Crippen molar-refractivity contribution in [1.29, 1.82) is 0 Å². The first-order valence-electron chi connectivity index (χ1n) is 8.84. The van der Waals surface area contributed by atoms with Gasteiger partial charge in [0.2, 0.25) is 10.0 Å². The molecule has 1 aromatic carbocycles. The predicted octanol–water partition coefficient (Wildman–Crippen LogP) is 1.64. The molecule has 1 fully saturated rings. The quantitative estimate of drug-likeness (QED) is 0.739. The number of benzene rings is 1. The van der Waals surface area contributed by atoms with Gasteiger partial charge in [0.25, 0.3) is 5.56 Å². The van der Waals surface area contributed by atoms with Crippen LogP contribution in [0.1, 0.15) is 12.8 Å². The highest BCUT2D eigenvalue weighted by molar-refractivity contribution is 7.89. The molecule has 2 aromatic heterocycles. The van der Waals surface area contributed by atoms with Crippen molar-refractivity contribution in [2.24, 2.45) is 0 Å². The van der Waals surface area contributed by atoms with Gasteiger partial charge in [-0.05, 0) is 37.1 Å². The number of anilines is 1. The molecule has 0 saturated carbocycles. The van der Waals surface area contributed by atoms with Gasteiger partial charge in [-0.3, -0.25) is 9.20 Å². The van der Waals surface area contributed by atoms with E-state index < -0.39 is 10.0 Å². The number of rotatable bonds is 4. The molecule has 3 aromatic rings. The summed E-state index contributed by atoms with van der Waals surface area (Å²) in [5.41, 5.74) is 0.481. The highest BCUT2D eigenvalue weighted by Gasteiger charge is 2.25. The molecule has 0 spiro atoms. The fraction of sp³-hybridized carbons (Fsp3) is 0.263. The molecule has 1 N–H and O–H groups in total. The van der Waals surface area contributed by atoms with Crippen LogP contribution >= 0.6 is 0 Å². The number of nitrogens with one attached hydrogen (secondary N) is 1. The highest BCUT2D eigenvalue weighted by atomic mass is 32.2. The lowest BCUT2D eigenvalue weighted by molar-refractivity contribution is 0.458. The second kappa shape index (κ2) is 7.13. The van der Waals surface area contributed by atoms with Crippen LogP contribution in [-0.2, 0) is 10.0 Å². The van der Waals surface area contributed by atoms with Gasteiger partial charge in [-0.2, -0.15) is 0 Å². The van der Waals surface area contributed by atoms with Crippen molar-refractivity contribution >= 4 is 21.5 Å². The number of nitrogens with zero attached hydrogens (tertiary/aromatic N) is 3. The molecule has 1 aliphatic rings. The van der Waals surface area contributed by atoms with Gasteiger partial charge in [0, 0.05) is 31.4 Å². The van der Waals surface area contributed by atoms with Crippen molar-refractivity contribution in [3.05, 3.63) is 71.1 Å². The molecular weight excluding hydrogens is 364 g/mol. The van der Waals surface area contributed by atoms with Gasteiger partial charge in [0.15, 0.2) is 0 Å². The molecule has 0 radical (unpaired) electrons. The van der Waals surface area contributed by atoms with E-state index >= 15 is 0 Å². The SMILES string of the molecule is O=c1cc(N2CCC(NS(=O)(=O)c3ccccc3)CC2)nc2ccccn12. The molecule has 0 unspecified atom stereocenters. The third-order valence-electron chi connectivity index (χ3n) is 4.75. The average molecular weight is 384 g/mol. The maximum atomic E-state index is 12.5. The van der Waals surface area contributed by atoms with E-state index in [0.717, 1.165) is 0 Å². The van der Waals surface area contributed by atoms with Gasteiger partial charge < -0.3 is 4.90 Å². The van der Waals surface area contributed by atoms with E-state index in [4.69, 9.17) is 0 Å². The van der Waals surface area contributed by atoms with Crippen LogP contribution in [0.4, 0.5) is 5.82 Å². The maximum absolute atomic E-state index is 12.5. The summed E-state index contributed by atoms with van der Waals surface area (Å²) in [7, 11) is -3.52. The summed E-state index contributed by atoms with van der Waals surface area (Å²) < 4.78 is 29.2. The van der Waals surface area contributed by atoms with E-state index in [1.54, 1.807) is 48.7 Å². The Balaban J connectivity index is 1.46. The average Bonchev–Trinajstić information content (AvgIpc) is 2.69. The van der Waals surface area contributed by atoms with Crippen molar-refractivity contribution in [3.8, 4) is 0 Å². The van der Waals surface area contributed by atoms with Gasteiger partial charge in [0.1, 0.15) is 11.5 Å². The molecule has 0 aliphatic carbocycles. The number of piperidine rings is 1. The largest absolute Gasteiger partial charge is 0.356 e. The van der Waals surface area contributed by atoms with Crippen LogP contribution in [0.2, 0.25) is 0 Å². The summed E-state index contributed by atoms with van der Waals surface area (Å²) in [6.07, 6.45) is 3.00. The number of hydrogen-bond donors (Lipinski definition) is 1. The highest BCUT2D eigenvalue weighted by Crippen LogP contribution is 2.19. The molecule has 7 nitrogen and oxygen atoms in total. The molecule has 8 heteroatoms. The topological polar surface area (TPSA) is 83.8 Å². The minimum Gasteiger partial charge on any atom is -0.356 e. The van der Waals surface area contributed by atoms with Crippen molar-refractivity contribution in [3.63, 3.8) is 0 Å². The van der Waals surface area contributed by atoms with E-state index in [9.17, 15) is 13.2 Å². The van der Waals surface area contributed by atoms with Crippen LogP contribution in [-0.4, -0.2) is 36.9 Å². The lowest BCUT2D eigenvalue weighted by Crippen LogP contribution is -2.45. The number of pyridine rings is 1. The fourth-order valence-electron chi connectivity index (χ4n) is 3.32. The standard InChI is InChI=1S/C19H20N4O3S/c24-19-14-18(20-17-8-4-5-11-23(17)19)22-12-9-15(10-13-22)21-27(25,26)16-6-2-1-3-7-16/h1-8,11,14-15,21H,9-10,12-13H2. The molecule has 3 heterocycles. The Morgan fingerprint density at radius 1 is 1.00 bits per heavy atom.